The van der Waals surface area contributed by atoms with Gasteiger partial charge in [0.25, 0.3) is 5.91 Å². The molecule has 1 aliphatic rings. The lowest BCUT2D eigenvalue weighted by Crippen LogP contribution is -2.61. The van der Waals surface area contributed by atoms with Crippen LogP contribution in [-0.4, -0.2) is 97.3 Å². The van der Waals surface area contributed by atoms with Crippen molar-refractivity contribution in [3.63, 3.8) is 0 Å². The number of carbonyl (C=O) groups excluding carboxylic acids is 3. The average Bonchev–Trinajstić information content (AvgIpc) is 2.93. The van der Waals surface area contributed by atoms with E-state index in [-0.39, 0.29) is 36.4 Å². The number of nitrogens with zero attached hydrogens (tertiary/aromatic N) is 1. The van der Waals surface area contributed by atoms with E-state index in [4.69, 9.17) is 9.47 Å². The summed E-state index contributed by atoms with van der Waals surface area (Å²) in [5, 5.41) is 44.8. The molecule has 2 aromatic rings. The van der Waals surface area contributed by atoms with Crippen LogP contribution in [0.15, 0.2) is 54.6 Å². The van der Waals surface area contributed by atoms with Gasteiger partial charge in [-0.1, -0.05) is 18.2 Å². The predicted octanol–water partition coefficient (Wildman–Crippen LogP) is 1.51. The van der Waals surface area contributed by atoms with Gasteiger partial charge in [-0.15, -0.1) is 0 Å². The summed E-state index contributed by atoms with van der Waals surface area (Å²) in [6, 6.07) is 14.7. The van der Waals surface area contributed by atoms with Gasteiger partial charge in [0, 0.05) is 42.2 Å². The molecule has 2 aromatic carbocycles. The summed E-state index contributed by atoms with van der Waals surface area (Å²) >= 11 is 0. The summed E-state index contributed by atoms with van der Waals surface area (Å²) in [5.74, 6) is -2.18. The maximum atomic E-state index is 12.8. The van der Waals surface area contributed by atoms with Gasteiger partial charge in [0.05, 0.1) is 0 Å². The topological polar surface area (TPSA) is 195 Å². The Morgan fingerprint density at radius 2 is 1.52 bits per heavy atom. The lowest BCUT2D eigenvalue weighted by atomic mass is 9.85. The first kappa shape index (κ1) is 34.5. The summed E-state index contributed by atoms with van der Waals surface area (Å²) in [5.41, 5.74) is -0.428. The molecule has 44 heavy (non-hydrogen) atoms. The first-order valence-corrected chi connectivity index (χ1v) is 14.2. The highest BCUT2D eigenvalue weighted by Gasteiger charge is 2.48. The van der Waals surface area contributed by atoms with Crippen molar-refractivity contribution in [1.29, 1.82) is 0 Å². The highest BCUT2D eigenvalue weighted by atomic mass is 16.7. The van der Waals surface area contributed by atoms with Crippen molar-refractivity contribution in [3.05, 3.63) is 60.2 Å². The largest absolute Gasteiger partial charge is 0.479 e. The number of anilines is 1. The van der Waals surface area contributed by atoms with Crippen LogP contribution in [-0.2, 0) is 19.1 Å². The molecule has 3 amide bonds. The van der Waals surface area contributed by atoms with Crippen molar-refractivity contribution in [3.8, 4) is 5.75 Å². The highest BCUT2D eigenvalue weighted by molar-refractivity contribution is 5.94. The number of benzene rings is 2. The van der Waals surface area contributed by atoms with Gasteiger partial charge in [-0.2, -0.15) is 0 Å². The van der Waals surface area contributed by atoms with Crippen molar-refractivity contribution in [2.45, 2.75) is 89.2 Å². The van der Waals surface area contributed by atoms with Crippen molar-refractivity contribution in [1.82, 2.24) is 10.2 Å². The molecule has 0 radical (unpaired) electrons. The van der Waals surface area contributed by atoms with E-state index in [0.29, 0.717) is 17.7 Å². The van der Waals surface area contributed by atoms with Crippen LogP contribution in [0.1, 0.15) is 57.8 Å². The molecule has 1 saturated heterocycles. The molecule has 0 aromatic heterocycles. The van der Waals surface area contributed by atoms with Crippen LogP contribution in [0.4, 0.5) is 5.69 Å². The second-order valence-electron chi connectivity index (χ2n) is 12.0. The fraction of sp³-hybridized carbons (Fsp3) is 0.484. The van der Waals surface area contributed by atoms with Crippen molar-refractivity contribution >= 4 is 29.4 Å². The monoisotopic (exact) mass is 615 g/mol. The van der Waals surface area contributed by atoms with Crippen LogP contribution in [0.5, 0.6) is 5.75 Å². The fourth-order valence-electron chi connectivity index (χ4n) is 5.41. The Morgan fingerprint density at radius 3 is 2.09 bits per heavy atom. The number of aliphatic hydroxyl groups excluding tert-OH is 3. The molecule has 3 rings (SSSR count). The van der Waals surface area contributed by atoms with E-state index in [1.54, 1.807) is 29.2 Å². The first-order valence-electron chi connectivity index (χ1n) is 14.2. The third-order valence-electron chi connectivity index (χ3n) is 7.24. The Labute approximate surface area is 255 Å². The summed E-state index contributed by atoms with van der Waals surface area (Å²) in [6.07, 6.45) is -8.29. The lowest BCUT2D eigenvalue weighted by molar-refractivity contribution is -0.271. The van der Waals surface area contributed by atoms with Crippen molar-refractivity contribution in [2.24, 2.45) is 0 Å². The fourth-order valence-corrected chi connectivity index (χ4v) is 5.41. The molecule has 1 fully saturated rings. The summed E-state index contributed by atoms with van der Waals surface area (Å²) in [4.78, 5) is 51.0. The Kier molecular flexibility index (Phi) is 11.1. The minimum Gasteiger partial charge on any atom is -0.479 e. The molecule has 6 N–H and O–H groups in total. The lowest BCUT2D eigenvalue weighted by Gasteiger charge is -2.43. The molecule has 0 saturated carbocycles. The van der Waals surface area contributed by atoms with Crippen LogP contribution >= 0.6 is 0 Å². The number of hydrogen-bond acceptors (Lipinski definition) is 9. The van der Waals surface area contributed by atoms with Gasteiger partial charge >= 0.3 is 5.97 Å². The molecule has 1 aliphatic heterocycles. The first-order chi connectivity index (χ1) is 20.5. The molecule has 13 nitrogen and oxygen atoms in total. The van der Waals surface area contributed by atoms with E-state index in [1.165, 1.54) is 31.2 Å². The van der Waals surface area contributed by atoms with E-state index >= 15 is 0 Å². The number of rotatable bonds is 12. The number of carboxylic acids is 1. The van der Waals surface area contributed by atoms with Gasteiger partial charge < -0.3 is 45.4 Å². The Balaban J connectivity index is 1.56. The molecule has 0 aliphatic carbocycles. The molecule has 5 atom stereocenters. The molecular formula is C31H41N3O10. The van der Waals surface area contributed by atoms with Gasteiger partial charge in [0.1, 0.15) is 24.1 Å². The molecule has 13 heteroatoms. The Bertz CT molecular complexity index is 1320. The molecule has 0 spiro atoms. The molecule has 5 unspecified atom stereocenters. The van der Waals surface area contributed by atoms with Crippen LogP contribution < -0.4 is 15.4 Å². The quantitative estimate of drug-likeness (QED) is 0.204. The second-order valence-corrected chi connectivity index (χ2v) is 12.0. The van der Waals surface area contributed by atoms with Crippen LogP contribution in [0.3, 0.4) is 0 Å². The van der Waals surface area contributed by atoms with Crippen molar-refractivity contribution in [2.75, 3.05) is 11.9 Å². The number of ether oxygens (including phenoxy) is 2. The predicted molar refractivity (Wildman–Crippen MR) is 159 cm³/mol. The normalized spacial score (nSPS) is 22.0. The zero-order valence-corrected chi connectivity index (χ0v) is 25.4. The molecule has 240 valence electrons. The highest BCUT2D eigenvalue weighted by Crippen LogP contribution is 2.28. The summed E-state index contributed by atoms with van der Waals surface area (Å²) in [6.45, 7) is 9.09. The van der Waals surface area contributed by atoms with E-state index < -0.39 is 47.8 Å². The number of carboxylic acid groups (broad SMARTS) is 1. The Morgan fingerprint density at radius 1 is 0.909 bits per heavy atom. The number of aliphatic hydroxyl groups is 3. The van der Waals surface area contributed by atoms with Gasteiger partial charge in [-0.05, 0) is 70.5 Å². The van der Waals surface area contributed by atoms with Gasteiger partial charge in [0.2, 0.25) is 18.1 Å². The van der Waals surface area contributed by atoms with E-state index in [9.17, 15) is 39.6 Å². The molecular weight excluding hydrogens is 574 g/mol. The van der Waals surface area contributed by atoms with Gasteiger partial charge in [-0.3, -0.25) is 14.4 Å². The number of amides is 3. The average molecular weight is 616 g/mol. The van der Waals surface area contributed by atoms with E-state index in [2.05, 4.69) is 10.6 Å². The van der Waals surface area contributed by atoms with Crippen LogP contribution in [0, 0.1) is 0 Å². The third-order valence-corrected chi connectivity index (χ3v) is 7.24. The number of hydrogen-bond donors (Lipinski definition) is 6. The molecule has 1 heterocycles. The molecule has 0 bridgehead atoms. The zero-order chi connectivity index (χ0) is 32.8. The van der Waals surface area contributed by atoms with E-state index in [1.807, 2.05) is 33.8 Å². The summed E-state index contributed by atoms with van der Waals surface area (Å²) < 4.78 is 10.6. The minimum atomic E-state index is -1.84. The standard InChI is InChI=1S/C31H41N3O10/c1-18(35)34(31(4,5)17-30(2,3)33-27(40)19-9-7-6-8-10-19)16-15-22(36)32-20-11-13-21(14-12-20)43-29-25(39)23(37)24(38)26(44-29)28(41)42/h6-14,23-26,29,37-39H,15-17H2,1-5H3,(H,32,36)(H,33,40)(H,41,42). The smallest absolute Gasteiger partial charge is 0.335 e. The van der Waals surface area contributed by atoms with Crippen LogP contribution in [0.25, 0.3) is 0 Å². The maximum Gasteiger partial charge on any atom is 0.335 e. The number of aliphatic carboxylic acids is 1. The van der Waals surface area contributed by atoms with E-state index in [0.717, 1.165) is 0 Å². The minimum absolute atomic E-state index is 0.00301. The van der Waals surface area contributed by atoms with Gasteiger partial charge in [-0.25, -0.2) is 4.79 Å². The number of carbonyl (C=O) groups is 4. The second kappa shape index (κ2) is 14.2. The SMILES string of the molecule is CC(=O)N(CCC(=O)Nc1ccc(OC2OC(C(=O)O)C(O)C(O)C2O)cc1)C(C)(C)CC(C)(C)NC(=O)c1ccccc1. The Hall–Kier alpha value is -4.04. The number of nitrogens with one attached hydrogen (secondary N) is 2. The zero-order valence-electron chi connectivity index (χ0n) is 25.4. The third kappa shape index (κ3) is 8.99. The van der Waals surface area contributed by atoms with Crippen LogP contribution in [0.2, 0.25) is 0 Å². The van der Waals surface area contributed by atoms with Gasteiger partial charge in [0.15, 0.2) is 6.10 Å². The van der Waals surface area contributed by atoms with Crippen molar-refractivity contribution < 1.29 is 49.1 Å². The maximum absolute atomic E-state index is 12.8. The summed E-state index contributed by atoms with van der Waals surface area (Å²) in [7, 11) is 0.